The fourth-order valence-corrected chi connectivity index (χ4v) is 2.69. The van der Waals surface area contributed by atoms with E-state index in [1.807, 2.05) is 36.4 Å². The number of fused-ring (bicyclic) bond motifs is 1. The Labute approximate surface area is 140 Å². The number of ether oxygens (including phenoxy) is 1. The molecule has 3 rings (SSSR count). The zero-order valence-corrected chi connectivity index (χ0v) is 13.6. The maximum absolute atomic E-state index is 13.3. The number of amides is 1. The number of nitrogens with zero attached hydrogens (tertiary/aromatic N) is 1. The zero-order chi connectivity index (χ0) is 17.1. The average molecular weight is 323 g/mol. The van der Waals surface area contributed by atoms with Crippen LogP contribution in [0.1, 0.15) is 15.9 Å². The summed E-state index contributed by atoms with van der Waals surface area (Å²) < 4.78 is 18.5. The number of benzene rings is 3. The van der Waals surface area contributed by atoms with E-state index in [0.717, 1.165) is 22.1 Å². The lowest BCUT2D eigenvalue weighted by atomic mass is 10.1. The van der Waals surface area contributed by atoms with Crippen LogP contribution in [-0.4, -0.2) is 25.0 Å². The molecule has 122 valence electrons. The minimum atomic E-state index is -0.408. The van der Waals surface area contributed by atoms with Gasteiger partial charge in [-0.1, -0.05) is 24.3 Å². The van der Waals surface area contributed by atoms with E-state index in [-0.39, 0.29) is 5.91 Å². The van der Waals surface area contributed by atoms with Gasteiger partial charge in [0.2, 0.25) is 0 Å². The standard InChI is InChI=1S/C20H18FNO2/c1-22(20(23)17-4-3-5-18(21)11-17)13-14-6-7-16-12-19(24-2)9-8-15(16)10-14/h3-12H,13H2,1-2H3. The fraction of sp³-hybridized carbons (Fsp3) is 0.150. The first-order chi connectivity index (χ1) is 11.6. The third-order valence-corrected chi connectivity index (χ3v) is 3.95. The summed E-state index contributed by atoms with van der Waals surface area (Å²) in [4.78, 5) is 14.0. The Morgan fingerprint density at radius 3 is 2.54 bits per heavy atom. The highest BCUT2D eigenvalue weighted by atomic mass is 19.1. The SMILES string of the molecule is COc1ccc2cc(CN(C)C(=O)c3cccc(F)c3)ccc2c1. The number of methoxy groups -OCH3 is 1. The molecule has 3 aromatic rings. The predicted molar refractivity (Wildman–Crippen MR) is 92.7 cm³/mol. The molecule has 3 nitrogen and oxygen atoms in total. The lowest BCUT2D eigenvalue weighted by Crippen LogP contribution is -2.26. The van der Waals surface area contributed by atoms with Gasteiger partial charge in [-0.2, -0.15) is 0 Å². The highest BCUT2D eigenvalue weighted by Crippen LogP contribution is 2.22. The lowest BCUT2D eigenvalue weighted by molar-refractivity contribution is 0.0784. The van der Waals surface area contributed by atoms with Gasteiger partial charge in [0, 0.05) is 19.2 Å². The molecule has 0 saturated carbocycles. The first-order valence-corrected chi connectivity index (χ1v) is 7.64. The molecule has 24 heavy (non-hydrogen) atoms. The van der Waals surface area contributed by atoms with Crippen molar-refractivity contribution in [2.45, 2.75) is 6.54 Å². The van der Waals surface area contributed by atoms with E-state index in [0.29, 0.717) is 12.1 Å². The van der Waals surface area contributed by atoms with Gasteiger partial charge in [-0.15, -0.1) is 0 Å². The fourth-order valence-electron chi connectivity index (χ4n) is 2.69. The largest absolute Gasteiger partial charge is 0.497 e. The van der Waals surface area contributed by atoms with E-state index in [1.54, 1.807) is 31.2 Å². The van der Waals surface area contributed by atoms with Gasteiger partial charge in [-0.05, 0) is 52.7 Å². The highest BCUT2D eigenvalue weighted by Gasteiger charge is 2.13. The van der Waals surface area contributed by atoms with Crippen LogP contribution < -0.4 is 4.74 Å². The number of carbonyl (C=O) groups excluding carboxylic acids is 1. The quantitative estimate of drug-likeness (QED) is 0.718. The summed E-state index contributed by atoms with van der Waals surface area (Å²) in [5.74, 6) is 0.201. The van der Waals surface area contributed by atoms with Crippen LogP contribution in [0, 0.1) is 5.82 Å². The number of hydrogen-bond donors (Lipinski definition) is 0. The first kappa shape index (κ1) is 16.0. The van der Waals surface area contributed by atoms with Crippen LogP contribution in [0.3, 0.4) is 0 Å². The maximum Gasteiger partial charge on any atom is 0.253 e. The molecule has 3 aromatic carbocycles. The summed E-state index contributed by atoms with van der Waals surface area (Å²) in [6, 6.07) is 17.7. The van der Waals surface area contributed by atoms with Crippen molar-refractivity contribution in [3.05, 3.63) is 77.6 Å². The molecule has 0 aliphatic heterocycles. The highest BCUT2D eigenvalue weighted by molar-refractivity contribution is 5.94. The van der Waals surface area contributed by atoms with Crippen molar-refractivity contribution in [2.75, 3.05) is 14.2 Å². The van der Waals surface area contributed by atoms with Crippen molar-refractivity contribution in [3.8, 4) is 5.75 Å². The molecule has 0 saturated heterocycles. The van der Waals surface area contributed by atoms with Crippen LogP contribution in [0.25, 0.3) is 10.8 Å². The molecule has 0 aliphatic rings. The lowest BCUT2D eigenvalue weighted by Gasteiger charge is -2.18. The summed E-state index contributed by atoms with van der Waals surface area (Å²) in [5.41, 5.74) is 1.36. The Kier molecular flexibility index (Phi) is 4.47. The van der Waals surface area contributed by atoms with Crippen LogP contribution >= 0.6 is 0 Å². The van der Waals surface area contributed by atoms with Crippen molar-refractivity contribution < 1.29 is 13.9 Å². The van der Waals surface area contributed by atoms with E-state index < -0.39 is 5.82 Å². The molecule has 4 heteroatoms. The monoisotopic (exact) mass is 323 g/mol. The predicted octanol–water partition coefficient (Wildman–Crippen LogP) is 4.26. The van der Waals surface area contributed by atoms with E-state index in [4.69, 9.17) is 4.74 Å². The number of rotatable bonds is 4. The van der Waals surface area contributed by atoms with E-state index in [2.05, 4.69) is 0 Å². The Morgan fingerprint density at radius 1 is 1.04 bits per heavy atom. The summed E-state index contributed by atoms with van der Waals surface area (Å²) in [7, 11) is 3.36. The van der Waals surface area contributed by atoms with Crippen LogP contribution in [0.4, 0.5) is 4.39 Å². The van der Waals surface area contributed by atoms with Crippen molar-refractivity contribution in [3.63, 3.8) is 0 Å². The minimum Gasteiger partial charge on any atom is -0.497 e. The van der Waals surface area contributed by atoms with Crippen molar-refractivity contribution >= 4 is 16.7 Å². The summed E-state index contributed by atoms with van der Waals surface area (Å²) in [6.07, 6.45) is 0. The molecule has 0 unspecified atom stereocenters. The molecule has 0 atom stereocenters. The van der Waals surface area contributed by atoms with Gasteiger partial charge in [-0.25, -0.2) is 4.39 Å². The Hall–Kier alpha value is -2.88. The van der Waals surface area contributed by atoms with Gasteiger partial charge in [0.05, 0.1) is 7.11 Å². The molecular formula is C20H18FNO2. The molecule has 0 aromatic heterocycles. The number of hydrogen-bond acceptors (Lipinski definition) is 2. The molecule has 0 fully saturated rings. The molecular weight excluding hydrogens is 305 g/mol. The van der Waals surface area contributed by atoms with Gasteiger partial charge < -0.3 is 9.64 Å². The van der Waals surface area contributed by atoms with Gasteiger partial charge in [0.1, 0.15) is 11.6 Å². The van der Waals surface area contributed by atoms with Crippen molar-refractivity contribution in [1.29, 1.82) is 0 Å². The van der Waals surface area contributed by atoms with Crippen LogP contribution in [-0.2, 0) is 6.54 Å². The van der Waals surface area contributed by atoms with Crippen molar-refractivity contribution in [2.24, 2.45) is 0 Å². The van der Waals surface area contributed by atoms with Crippen LogP contribution in [0.15, 0.2) is 60.7 Å². The third kappa shape index (κ3) is 3.38. The molecule has 0 N–H and O–H groups in total. The molecule has 0 spiro atoms. The third-order valence-electron chi connectivity index (χ3n) is 3.95. The molecule has 0 bridgehead atoms. The van der Waals surface area contributed by atoms with E-state index >= 15 is 0 Å². The van der Waals surface area contributed by atoms with Gasteiger partial charge in [0.25, 0.3) is 5.91 Å². The van der Waals surface area contributed by atoms with Crippen LogP contribution in [0.5, 0.6) is 5.75 Å². The second kappa shape index (κ2) is 6.71. The zero-order valence-electron chi connectivity index (χ0n) is 13.6. The van der Waals surface area contributed by atoms with Crippen LogP contribution in [0.2, 0.25) is 0 Å². The molecule has 1 amide bonds. The molecule has 0 aliphatic carbocycles. The average Bonchev–Trinajstić information content (AvgIpc) is 2.60. The second-order valence-corrected chi connectivity index (χ2v) is 5.72. The number of halogens is 1. The summed E-state index contributed by atoms with van der Waals surface area (Å²) >= 11 is 0. The molecule has 0 heterocycles. The first-order valence-electron chi connectivity index (χ1n) is 7.64. The maximum atomic E-state index is 13.3. The Bertz CT molecular complexity index is 892. The second-order valence-electron chi connectivity index (χ2n) is 5.72. The smallest absolute Gasteiger partial charge is 0.253 e. The summed E-state index contributed by atoms with van der Waals surface area (Å²) in [5, 5.41) is 2.16. The van der Waals surface area contributed by atoms with E-state index in [9.17, 15) is 9.18 Å². The van der Waals surface area contributed by atoms with Gasteiger partial charge in [0.15, 0.2) is 0 Å². The van der Waals surface area contributed by atoms with Gasteiger partial charge in [-0.3, -0.25) is 4.79 Å². The number of carbonyl (C=O) groups is 1. The normalized spacial score (nSPS) is 10.6. The minimum absolute atomic E-state index is 0.204. The molecule has 0 radical (unpaired) electrons. The van der Waals surface area contributed by atoms with E-state index in [1.165, 1.54) is 12.1 Å². The topological polar surface area (TPSA) is 29.5 Å². The van der Waals surface area contributed by atoms with Gasteiger partial charge >= 0.3 is 0 Å². The van der Waals surface area contributed by atoms with Crippen molar-refractivity contribution in [1.82, 2.24) is 4.90 Å². The Morgan fingerprint density at radius 2 is 1.79 bits per heavy atom. The summed E-state index contributed by atoms with van der Waals surface area (Å²) in [6.45, 7) is 0.456. The Balaban J connectivity index is 1.79.